The summed E-state index contributed by atoms with van der Waals surface area (Å²) in [6.45, 7) is 6.48. The molecule has 4 N–H and O–H groups in total. The van der Waals surface area contributed by atoms with E-state index in [-0.39, 0.29) is 16.6 Å². The number of H-pyrrole nitrogens is 1. The van der Waals surface area contributed by atoms with Gasteiger partial charge in [0.05, 0.1) is 6.20 Å². The number of nitrogens with two attached hydrogens (primary N) is 1. The van der Waals surface area contributed by atoms with E-state index in [4.69, 9.17) is 5.73 Å². The van der Waals surface area contributed by atoms with Crippen molar-refractivity contribution in [1.29, 1.82) is 0 Å². The summed E-state index contributed by atoms with van der Waals surface area (Å²) in [6, 6.07) is 0. The maximum atomic E-state index is 11.8. The molecule has 0 bridgehead atoms. The molecule has 92 valence electrons. The molecule has 16 heavy (non-hydrogen) atoms. The summed E-state index contributed by atoms with van der Waals surface area (Å²) >= 11 is 0. The number of nitrogens with one attached hydrogen (secondary N) is 2. The van der Waals surface area contributed by atoms with E-state index >= 15 is 0 Å². The first-order valence-electron chi connectivity index (χ1n) is 5.13. The summed E-state index contributed by atoms with van der Waals surface area (Å²) in [5.74, 6) is 0.747. The smallest absolute Gasteiger partial charge is 0.245 e. The lowest BCUT2D eigenvalue weighted by Crippen LogP contribution is -2.30. The molecule has 1 rings (SSSR count). The van der Waals surface area contributed by atoms with Crippen LogP contribution in [0.2, 0.25) is 0 Å². The first-order valence-corrected chi connectivity index (χ1v) is 6.61. The highest BCUT2D eigenvalue weighted by atomic mass is 32.2. The summed E-state index contributed by atoms with van der Waals surface area (Å²) in [7, 11) is -3.54. The zero-order chi connectivity index (χ0) is 12.3. The Bertz CT molecular complexity index is 438. The number of aromatic nitrogens is 2. The molecule has 0 spiro atoms. The Morgan fingerprint density at radius 2 is 2.12 bits per heavy atom. The number of nitrogens with zero attached hydrogens (tertiary/aromatic N) is 1. The minimum atomic E-state index is -3.54. The molecule has 1 atom stereocenters. The van der Waals surface area contributed by atoms with Crippen molar-refractivity contribution in [2.75, 3.05) is 12.3 Å². The van der Waals surface area contributed by atoms with E-state index in [9.17, 15) is 8.42 Å². The largest absolute Gasteiger partial charge is 0.383 e. The number of rotatable bonds is 5. The molecule has 1 unspecified atom stereocenters. The number of aromatic amines is 1. The minimum Gasteiger partial charge on any atom is -0.383 e. The van der Waals surface area contributed by atoms with Crippen LogP contribution in [0.25, 0.3) is 0 Å². The standard InChI is InChI=1S/C9H18N4O2S/c1-6(2)7(3)4-12-16(14,15)8-5-11-13-9(8)10/h5-7,12H,4H2,1-3H3,(H3,10,11,13). The van der Waals surface area contributed by atoms with Crippen molar-refractivity contribution >= 4 is 15.8 Å². The van der Waals surface area contributed by atoms with Crippen LogP contribution in [-0.2, 0) is 10.0 Å². The van der Waals surface area contributed by atoms with Crippen LogP contribution >= 0.6 is 0 Å². The highest BCUT2D eigenvalue weighted by Crippen LogP contribution is 2.15. The zero-order valence-electron chi connectivity index (χ0n) is 9.69. The molecule has 0 radical (unpaired) electrons. The fourth-order valence-corrected chi connectivity index (χ4v) is 2.22. The van der Waals surface area contributed by atoms with Crippen LogP contribution in [0.4, 0.5) is 5.82 Å². The highest BCUT2D eigenvalue weighted by Gasteiger charge is 2.20. The Labute approximate surface area is 95.7 Å². The Hall–Kier alpha value is -1.08. The Morgan fingerprint density at radius 1 is 1.50 bits per heavy atom. The quantitative estimate of drug-likeness (QED) is 0.706. The molecule has 1 aromatic rings. The van der Waals surface area contributed by atoms with E-state index in [1.165, 1.54) is 6.20 Å². The van der Waals surface area contributed by atoms with E-state index in [0.717, 1.165) is 0 Å². The van der Waals surface area contributed by atoms with Gasteiger partial charge in [-0.2, -0.15) is 5.10 Å². The monoisotopic (exact) mass is 246 g/mol. The normalized spacial score (nSPS) is 14.2. The molecule has 0 aliphatic rings. The van der Waals surface area contributed by atoms with Gasteiger partial charge in [0.2, 0.25) is 10.0 Å². The lowest BCUT2D eigenvalue weighted by molar-refractivity contribution is 0.414. The number of hydrogen-bond donors (Lipinski definition) is 3. The van der Waals surface area contributed by atoms with Crippen LogP contribution in [0.3, 0.4) is 0 Å². The number of hydrogen-bond acceptors (Lipinski definition) is 4. The van der Waals surface area contributed by atoms with Crippen molar-refractivity contribution in [3.8, 4) is 0 Å². The summed E-state index contributed by atoms with van der Waals surface area (Å²) in [5, 5.41) is 5.97. The zero-order valence-corrected chi connectivity index (χ0v) is 10.5. The highest BCUT2D eigenvalue weighted by molar-refractivity contribution is 7.89. The van der Waals surface area contributed by atoms with Gasteiger partial charge in [0.1, 0.15) is 10.7 Å². The third-order valence-electron chi connectivity index (χ3n) is 2.66. The number of anilines is 1. The molecule has 7 heteroatoms. The molecule has 0 saturated heterocycles. The van der Waals surface area contributed by atoms with Gasteiger partial charge in [0.25, 0.3) is 0 Å². The molecule has 1 aromatic heterocycles. The predicted molar refractivity (Wildman–Crippen MR) is 62.2 cm³/mol. The third-order valence-corrected chi connectivity index (χ3v) is 4.11. The van der Waals surface area contributed by atoms with Crippen molar-refractivity contribution in [3.05, 3.63) is 6.20 Å². The average molecular weight is 246 g/mol. The maximum Gasteiger partial charge on any atom is 0.245 e. The molecular formula is C9H18N4O2S. The molecule has 6 nitrogen and oxygen atoms in total. The van der Waals surface area contributed by atoms with Gasteiger partial charge in [0, 0.05) is 6.54 Å². The molecule has 0 aliphatic heterocycles. The molecule has 0 fully saturated rings. The second-order valence-electron chi connectivity index (χ2n) is 4.22. The molecule has 0 aromatic carbocycles. The van der Waals surface area contributed by atoms with Crippen LogP contribution in [0.15, 0.2) is 11.1 Å². The second-order valence-corrected chi connectivity index (χ2v) is 5.96. The summed E-state index contributed by atoms with van der Waals surface area (Å²) < 4.78 is 26.1. The molecule has 0 amide bonds. The molecule has 0 saturated carbocycles. The lowest BCUT2D eigenvalue weighted by atomic mass is 9.99. The first kappa shape index (κ1) is 13.0. The van der Waals surface area contributed by atoms with Gasteiger partial charge in [0.15, 0.2) is 0 Å². The Morgan fingerprint density at radius 3 is 2.56 bits per heavy atom. The minimum absolute atomic E-state index is 0.00320. The van der Waals surface area contributed by atoms with Crippen molar-refractivity contribution in [2.24, 2.45) is 11.8 Å². The molecule has 1 heterocycles. The number of nitrogen functional groups attached to an aromatic ring is 1. The van der Waals surface area contributed by atoms with Crippen LogP contribution < -0.4 is 10.5 Å². The summed E-state index contributed by atoms with van der Waals surface area (Å²) in [4.78, 5) is 0.00320. The summed E-state index contributed by atoms with van der Waals surface area (Å²) in [5.41, 5.74) is 5.46. The second kappa shape index (κ2) is 4.84. The summed E-state index contributed by atoms with van der Waals surface area (Å²) in [6.07, 6.45) is 1.21. The van der Waals surface area contributed by atoms with Gasteiger partial charge in [-0.25, -0.2) is 13.1 Å². The Balaban J connectivity index is 2.71. The van der Waals surface area contributed by atoms with Crippen molar-refractivity contribution < 1.29 is 8.42 Å². The first-order chi connectivity index (χ1) is 7.34. The fourth-order valence-electron chi connectivity index (χ4n) is 1.05. The van der Waals surface area contributed by atoms with Gasteiger partial charge in [-0.15, -0.1) is 0 Å². The third kappa shape index (κ3) is 2.96. The predicted octanol–water partition coefficient (Wildman–Crippen LogP) is 0.562. The van der Waals surface area contributed by atoms with E-state index < -0.39 is 10.0 Å². The van der Waals surface area contributed by atoms with E-state index in [0.29, 0.717) is 12.5 Å². The number of sulfonamides is 1. The average Bonchev–Trinajstić information content (AvgIpc) is 2.61. The Kier molecular flexibility index (Phi) is 3.93. The van der Waals surface area contributed by atoms with E-state index in [1.807, 2.05) is 20.8 Å². The fraction of sp³-hybridized carbons (Fsp3) is 0.667. The van der Waals surface area contributed by atoms with Gasteiger partial charge >= 0.3 is 0 Å². The van der Waals surface area contributed by atoms with Gasteiger partial charge in [-0.05, 0) is 11.8 Å². The van der Waals surface area contributed by atoms with Crippen LogP contribution in [0.1, 0.15) is 20.8 Å². The van der Waals surface area contributed by atoms with Gasteiger partial charge < -0.3 is 5.73 Å². The van der Waals surface area contributed by atoms with Crippen LogP contribution in [0.5, 0.6) is 0 Å². The van der Waals surface area contributed by atoms with E-state index in [2.05, 4.69) is 14.9 Å². The van der Waals surface area contributed by atoms with Crippen molar-refractivity contribution in [2.45, 2.75) is 25.7 Å². The van der Waals surface area contributed by atoms with E-state index in [1.54, 1.807) is 0 Å². The molecule has 0 aliphatic carbocycles. The van der Waals surface area contributed by atoms with Crippen LogP contribution in [0, 0.1) is 11.8 Å². The van der Waals surface area contributed by atoms with Crippen molar-refractivity contribution in [1.82, 2.24) is 14.9 Å². The topological polar surface area (TPSA) is 101 Å². The SMILES string of the molecule is CC(C)C(C)CNS(=O)(=O)c1cn[nH]c1N. The molecular weight excluding hydrogens is 228 g/mol. The van der Waals surface area contributed by atoms with Gasteiger partial charge in [-0.1, -0.05) is 20.8 Å². The van der Waals surface area contributed by atoms with Gasteiger partial charge in [-0.3, -0.25) is 5.10 Å². The lowest BCUT2D eigenvalue weighted by Gasteiger charge is -2.15. The maximum absolute atomic E-state index is 11.8. The van der Waals surface area contributed by atoms with Crippen molar-refractivity contribution in [3.63, 3.8) is 0 Å². The van der Waals surface area contributed by atoms with Crippen LogP contribution in [-0.4, -0.2) is 25.2 Å².